The molecule has 2 aromatic rings. The van der Waals surface area contributed by atoms with E-state index in [4.69, 9.17) is 14.6 Å². The van der Waals surface area contributed by atoms with Gasteiger partial charge in [0.25, 0.3) is 0 Å². The number of carboxylic acids is 1. The number of aliphatic carboxylic acids is 1. The van der Waals surface area contributed by atoms with Crippen LogP contribution in [0.25, 0.3) is 11.1 Å². The molecule has 0 spiro atoms. The summed E-state index contributed by atoms with van der Waals surface area (Å²) in [5.41, 5.74) is 2.61. The van der Waals surface area contributed by atoms with E-state index in [1.807, 2.05) is 32.3 Å². The van der Waals surface area contributed by atoms with Crippen molar-refractivity contribution in [3.8, 4) is 22.6 Å². The van der Waals surface area contributed by atoms with Gasteiger partial charge in [0.05, 0.1) is 26.8 Å². The van der Waals surface area contributed by atoms with E-state index < -0.39 is 5.97 Å². The van der Waals surface area contributed by atoms with Crippen molar-refractivity contribution in [2.24, 2.45) is 7.05 Å². The van der Waals surface area contributed by atoms with Crippen molar-refractivity contribution in [1.82, 2.24) is 9.78 Å². The van der Waals surface area contributed by atoms with Gasteiger partial charge in [-0.05, 0) is 23.6 Å². The topological polar surface area (TPSA) is 73.6 Å². The molecule has 6 heteroatoms. The first-order chi connectivity index (χ1) is 10.5. The lowest BCUT2D eigenvalue weighted by atomic mass is 9.93. The lowest BCUT2D eigenvalue weighted by molar-refractivity contribution is -0.137. The zero-order valence-corrected chi connectivity index (χ0v) is 13.2. The van der Waals surface area contributed by atoms with Crippen molar-refractivity contribution in [1.29, 1.82) is 0 Å². The lowest BCUT2D eigenvalue weighted by Crippen LogP contribution is -2.04. The number of nitrogens with zero attached hydrogens (tertiary/aromatic N) is 2. The summed E-state index contributed by atoms with van der Waals surface area (Å²) in [4.78, 5) is 10.9. The number of carboxylic acid groups (broad SMARTS) is 1. The van der Waals surface area contributed by atoms with Gasteiger partial charge in [-0.1, -0.05) is 6.92 Å². The van der Waals surface area contributed by atoms with E-state index in [1.165, 1.54) is 0 Å². The molecule has 0 amide bonds. The molecule has 2 rings (SSSR count). The molecule has 0 aliphatic rings. The first-order valence-corrected chi connectivity index (χ1v) is 6.93. The molecule has 1 atom stereocenters. The summed E-state index contributed by atoms with van der Waals surface area (Å²) in [6, 6.07) is 3.76. The average molecular weight is 304 g/mol. The van der Waals surface area contributed by atoms with Gasteiger partial charge in [-0.2, -0.15) is 5.10 Å². The SMILES string of the molecule is COc1cc(C(C)CC(=O)O)cc(-c2cnn(C)c2)c1OC. The van der Waals surface area contributed by atoms with Crippen LogP contribution >= 0.6 is 0 Å². The summed E-state index contributed by atoms with van der Waals surface area (Å²) in [5, 5.41) is 13.2. The zero-order valence-electron chi connectivity index (χ0n) is 13.2. The summed E-state index contributed by atoms with van der Waals surface area (Å²) in [5.74, 6) is 0.232. The number of carbonyl (C=O) groups is 1. The minimum Gasteiger partial charge on any atom is -0.493 e. The van der Waals surface area contributed by atoms with Crippen molar-refractivity contribution in [3.05, 3.63) is 30.1 Å². The second kappa shape index (κ2) is 6.51. The smallest absolute Gasteiger partial charge is 0.303 e. The van der Waals surface area contributed by atoms with E-state index in [-0.39, 0.29) is 12.3 Å². The largest absolute Gasteiger partial charge is 0.493 e. The number of hydrogen-bond donors (Lipinski definition) is 1. The summed E-state index contributed by atoms with van der Waals surface area (Å²) in [7, 11) is 4.98. The van der Waals surface area contributed by atoms with Crippen LogP contribution in [0.3, 0.4) is 0 Å². The number of ether oxygens (including phenoxy) is 2. The highest BCUT2D eigenvalue weighted by Crippen LogP contribution is 2.41. The van der Waals surface area contributed by atoms with E-state index in [0.29, 0.717) is 11.5 Å². The second-order valence-electron chi connectivity index (χ2n) is 5.21. The average Bonchev–Trinajstić information content (AvgIpc) is 2.91. The maximum Gasteiger partial charge on any atom is 0.303 e. The molecule has 22 heavy (non-hydrogen) atoms. The van der Waals surface area contributed by atoms with Gasteiger partial charge in [0.15, 0.2) is 11.5 Å². The molecular weight excluding hydrogens is 284 g/mol. The molecule has 118 valence electrons. The second-order valence-corrected chi connectivity index (χ2v) is 5.21. The van der Waals surface area contributed by atoms with Gasteiger partial charge in [0.1, 0.15) is 0 Å². The standard InChI is InChI=1S/C16H20N2O4/c1-10(5-15(19)20)11-6-13(12-8-17-18(2)9-12)16(22-4)14(7-11)21-3/h6-10H,5H2,1-4H3,(H,19,20). The lowest BCUT2D eigenvalue weighted by Gasteiger charge is -2.17. The van der Waals surface area contributed by atoms with E-state index in [0.717, 1.165) is 16.7 Å². The molecular formula is C16H20N2O4. The van der Waals surface area contributed by atoms with Crippen molar-refractivity contribution < 1.29 is 19.4 Å². The predicted molar refractivity (Wildman–Crippen MR) is 82.4 cm³/mol. The monoisotopic (exact) mass is 304 g/mol. The fourth-order valence-electron chi connectivity index (χ4n) is 2.42. The normalized spacial score (nSPS) is 12.0. The van der Waals surface area contributed by atoms with Crippen LogP contribution in [-0.4, -0.2) is 35.1 Å². The highest BCUT2D eigenvalue weighted by molar-refractivity contribution is 5.75. The van der Waals surface area contributed by atoms with Crippen molar-refractivity contribution in [2.45, 2.75) is 19.3 Å². The van der Waals surface area contributed by atoms with Crippen LogP contribution in [-0.2, 0) is 11.8 Å². The van der Waals surface area contributed by atoms with E-state index in [1.54, 1.807) is 25.1 Å². The fraction of sp³-hybridized carbons (Fsp3) is 0.375. The number of hydrogen-bond acceptors (Lipinski definition) is 4. The molecule has 0 radical (unpaired) electrons. The summed E-state index contributed by atoms with van der Waals surface area (Å²) in [6.45, 7) is 1.88. The number of rotatable bonds is 6. The van der Waals surface area contributed by atoms with Gasteiger partial charge in [0, 0.05) is 24.4 Å². The highest BCUT2D eigenvalue weighted by atomic mass is 16.5. The third kappa shape index (κ3) is 3.21. The van der Waals surface area contributed by atoms with Crippen LogP contribution in [0.2, 0.25) is 0 Å². The Morgan fingerprint density at radius 2 is 2.09 bits per heavy atom. The van der Waals surface area contributed by atoms with Gasteiger partial charge in [0.2, 0.25) is 0 Å². The van der Waals surface area contributed by atoms with E-state index in [2.05, 4.69) is 5.10 Å². The van der Waals surface area contributed by atoms with Crippen molar-refractivity contribution >= 4 is 5.97 Å². The Labute approximate surface area is 129 Å². The van der Waals surface area contributed by atoms with Crippen LogP contribution in [0, 0.1) is 0 Å². The van der Waals surface area contributed by atoms with Crippen LogP contribution < -0.4 is 9.47 Å². The van der Waals surface area contributed by atoms with Crippen molar-refractivity contribution in [2.75, 3.05) is 14.2 Å². The van der Waals surface area contributed by atoms with Gasteiger partial charge < -0.3 is 14.6 Å². The zero-order chi connectivity index (χ0) is 16.3. The van der Waals surface area contributed by atoms with Gasteiger partial charge >= 0.3 is 5.97 Å². The Hall–Kier alpha value is -2.50. The summed E-state index contributed by atoms with van der Waals surface area (Å²) in [6.07, 6.45) is 3.67. The molecule has 0 aliphatic heterocycles. The van der Waals surface area contributed by atoms with Crippen LogP contribution in [0.15, 0.2) is 24.5 Å². The van der Waals surface area contributed by atoms with Crippen molar-refractivity contribution in [3.63, 3.8) is 0 Å². The number of aryl methyl sites for hydroxylation is 1. The Bertz CT molecular complexity index is 679. The first-order valence-electron chi connectivity index (χ1n) is 6.93. The molecule has 0 saturated carbocycles. The molecule has 1 heterocycles. The predicted octanol–water partition coefficient (Wildman–Crippen LogP) is 2.68. The number of methoxy groups -OCH3 is 2. The maximum atomic E-state index is 10.9. The molecule has 1 aromatic heterocycles. The quantitative estimate of drug-likeness (QED) is 0.888. The third-order valence-electron chi connectivity index (χ3n) is 3.57. The molecule has 1 aromatic carbocycles. The minimum absolute atomic E-state index is 0.0575. The maximum absolute atomic E-state index is 10.9. The van der Waals surface area contributed by atoms with Gasteiger partial charge in [-0.15, -0.1) is 0 Å². The molecule has 0 saturated heterocycles. The first kappa shape index (κ1) is 15.9. The van der Waals surface area contributed by atoms with Gasteiger partial charge in [-0.3, -0.25) is 9.48 Å². The molecule has 1 unspecified atom stereocenters. The highest BCUT2D eigenvalue weighted by Gasteiger charge is 2.19. The minimum atomic E-state index is -0.829. The molecule has 0 fully saturated rings. The van der Waals surface area contributed by atoms with Crippen LogP contribution in [0.4, 0.5) is 0 Å². The summed E-state index contributed by atoms with van der Waals surface area (Å²) >= 11 is 0. The molecule has 0 aliphatic carbocycles. The Kier molecular flexibility index (Phi) is 4.70. The fourth-order valence-corrected chi connectivity index (χ4v) is 2.42. The number of benzene rings is 1. The Morgan fingerprint density at radius 1 is 1.36 bits per heavy atom. The third-order valence-corrected chi connectivity index (χ3v) is 3.57. The van der Waals surface area contributed by atoms with E-state index >= 15 is 0 Å². The molecule has 1 N–H and O–H groups in total. The molecule has 6 nitrogen and oxygen atoms in total. The Balaban J connectivity index is 2.56. The number of aromatic nitrogens is 2. The van der Waals surface area contributed by atoms with Crippen LogP contribution in [0.1, 0.15) is 24.8 Å². The summed E-state index contributed by atoms with van der Waals surface area (Å²) < 4.78 is 12.6. The van der Waals surface area contributed by atoms with E-state index in [9.17, 15) is 4.79 Å². The van der Waals surface area contributed by atoms with Gasteiger partial charge in [-0.25, -0.2) is 0 Å². The molecule has 0 bridgehead atoms. The van der Waals surface area contributed by atoms with Crippen LogP contribution in [0.5, 0.6) is 11.5 Å². The Morgan fingerprint density at radius 3 is 2.59 bits per heavy atom.